The molecule has 5 heteroatoms. The summed E-state index contributed by atoms with van der Waals surface area (Å²) in [6, 6.07) is 6.27. The summed E-state index contributed by atoms with van der Waals surface area (Å²) in [4.78, 5) is 14.5. The van der Waals surface area contributed by atoms with Crippen molar-refractivity contribution in [2.75, 3.05) is 17.6 Å². The summed E-state index contributed by atoms with van der Waals surface area (Å²) in [6.07, 6.45) is 1.69. The van der Waals surface area contributed by atoms with Crippen LogP contribution in [0, 0.1) is 11.7 Å². The summed E-state index contributed by atoms with van der Waals surface area (Å²) < 4.78 is 14.5. The zero-order valence-corrected chi connectivity index (χ0v) is 12.9. The van der Waals surface area contributed by atoms with Gasteiger partial charge in [0.1, 0.15) is 5.82 Å². The lowest BCUT2D eigenvalue weighted by Crippen LogP contribution is -2.35. The maximum atomic E-state index is 13.5. The van der Waals surface area contributed by atoms with Crippen LogP contribution in [-0.2, 0) is 0 Å². The number of carbonyl (C=O) groups excluding carboxylic acids is 1. The number of halogens is 3. The van der Waals surface area contributed by atoms with Gasteiger partial charge >= 0.3 is 0 Å². The van der Waals surface area contributed by atoms with E-state index in [1.54, 1.807) is 18.2 Å². The van der Waals surface area contributed by atoms with E-state index in [4.69, 9.17) is 0 Å². The Labute approximate surface area is 126 Å². The number of Topliss-reactive ketones (excluding diaryl/α,β-unsaturated/α-hetero) is 1. The van der Waals surface area contributed by atoms with Crippen molar-refractivity contribution in [3.8, 4) is 0 Å². The van der Waals surface area contributed by atoms with Crippen LogP contribution in [0.4, 0.5) is 4.39 Å². The second kappa shape index (κ2) is 7.40. The van der Waals surface area contributed by atoms with Gasteiger partial charge in [0.05, 0.1) is 10.1 Å². The zero-order valence-electron chi connectivity index (χ0n) is 9.94. The molecule has 100 valence electrons. The highest BCUT2D eigenvalue weighted by atomic mass is 127. The first-order valence-electron chi connectivity index (χ1n) is 5.79. The summed E-state index contributed by atoms with van der Waals surface area (Å²) in [5, 5.41) is 0. The van der Waals surface area contributed by atoms with E-state index >= 15 is 0 Å². The first-order chi connectivity index (χ1) is 8.22. The van der Waals surface area contributed by atoms with Crippen molar-refractivity contribution in [2.45, 2.75) is 12.8 Å². The molecule has 2 nitrogen and oxygen atoms in total. The molecule has 0 atom stereocenters. The Hall–Kier alpha value is -0.200. The summed E-state index contributed by atoms with van der Waals surface area (Å²) in [5.41, 5.74) is 0.250. The van der Waals surface area contributed by atoms with E-state index in [2.05, 4.69) is 27.5 Å². The molecule has 1 aliphatic rings. The molecule has 0 radical (unpaired) electrons. The van der Waals surface area contributed by atoms with E-state index in [-0.39, 0.29) is 29.7 Å². The summed E-state index contributed by atoms with van der Waals surface area (Å²) >= 11 is 2.33. The van der Waals surface area contributed by atoms with Gasteiger partial charge in [-0.05, 0) is 38.1 Å². The van der Waals surface area contributed by atoms with Gasteiger partial charge in [0, 0.05) is 5.92 Å². The van der Waals surface area contributed by atoms with Crippen LogP contribution in [0.25, 0.3) is 0 Å². The van der Waals surface area contributed by atoms with Gasteiger partial charge in [-0.15, -0.1) is 12.4 Å². The lowest BCUT2D eigenvalue weighted by molar-refractivity contribution is 0.0851. The first kappa shape index (κ1) is 15.9. The van der Waals surface area contributed by atoms with Crippen molar-refractivity contribution < 1.29 is 9.18 Å². The third-order valence-electron chi connectivity index (χ3n) is 3.27. The minimum absolute atomic E-state index is 0. The van der Waals surface area contributed by atoms with Crippen LogP contribution in [0.3, 0.4) is 0 Å². The predicted molar refractivity (Wildman–Crippen MR) is 81.2 cm³/mol. The van der Waals surface area contributed by atoms with Crippen LogP contribution in [0.15, 0.2) is 24.3 Å². The largest absolute Gasteiger partial charge is 0.294 e. The van der Waals surface area contributed by atoms with Crippen molar-refractivity contribution in [1.29, 1.82) is 0 Å². The van der Waals surface area contributed by atoms with Gasteiger partial charge < -0.3 is 0 Å². The molecule has 0 bridgehead atoms. The van der Waals surface area contributed by atoms with Crippen molar-refractivity contribution in [3.05, 3.63) is 35.6 Å². The molecule has 1 aromatic carbocycles. The molecule has 1 fully saturated rings. The second-order valence-corrected chi connectivity index (χ2v) is 5.04. The Balaban J connectivity index is 0.00000162. The van der Waals surface area contributed by atoms with Crippen LogP contribution in [0.2, 0.25) is 0 Å². The van der Waals surface area contributed by atoms with E-state index < -0.39 is 5.82 Å². The lowest BCUT2D eigenvalue weighted by atomic mass is 9.89. The number of hydrogen-bond donors (Lipinski definition) is 0. The maximum absolute atomic E-state index is 13.5. The third-order valence-corrected chi connectivity index (χ3v) is 4.23. The Morgan fingerprint density at radius 3 is 2.50 bits per heavy atom. The van der Waals surface area contributed by atoms with Gasteiger partial charge in [-0.1, -0.05) is 34.7 Å². The fraction of sp³-hybridized carbons (Fsp3) is 0.462. The number of carbonyl (C=O) groups is 1. The van der Waals surface area contributed by atoms with E-state index in [9.17, 15) is 9.18 Å². The molecule has 0 aliphatic carbocycles. The molecule has 2 rings (SSSR count). The Kier molecular flexibility index (Phi) is 6.52. The van der Waals surface area contributed by atoms with Gasteiger partial charge in [0.15, 0.2) is 5.78 Å². The summed E-state index contributed by atoms with van der Waals surface area (Å²) in [6.45, 7) is 1.88. The minimum atomic E-state index is -0.395. The second-order valence-electron chi connectivity index (χ2n) is 4.36. The maximum Gasteiger partial charge on any atom is 0.168 e. The average Bonchev–Trinajstić information content (AvgIpc) is 2.39. The van der Waals surface area contributed by atoms with Crippen molar-refractivity contribution in [3.63, 3.8) is 0 Å². The summed E-state index contributed by atoms with van der Waals surface area (Å²) in [5.74, 6) is -0.434. The van der Waals surface area contributed by atoms with Crippen molar-refractivity contribution in [2.24, 2.45) is 5.92 Å². The fourth-order valence-electron chi connectivity index (χ4n) is 2.20. The van der Waals surface area contributed by atoms with Crippen LogP contribution < -0.4 is 0 Å². The van der Waals surface area contributed by atoms with E-state index in [1.807, 2.05) is 0 Å². The van der Waals surface area contributed by atoms with Gasteiger partial charge in [-0.25, -0.2) is 4.39 Å². The molecular formula is C13H16ClFINO. The smallest absolute Gasteiger partial charge is 0.168 e. The minimum Gasteiger partial charge on any atom is -0.294 e. The van der Waals surface area contributed by atoms with Gasteiger partial charge in [-0.3, -0.25) is 9.69 Å². The number of ketones is 1. The molecule has 0 aromatic heterocycles. The summed E-state index contributed by atoms with van der Waals surface area (Å²) in [7, 11) is 0. The van der Waals surface area contributed by atoms with E-state index in [0.717, 1.165) is 30.5 Å². The Morgan fingerprint density at radius 1 is 1.33 bits per heavy atom. The van der Waals surface area contributed by atoms with Gasteiger partial charge in [0.25, 0.3) is 0 Å². The molecule has 18 heavy (non-hydrogen) atoms. The topological polar surface area (TPSA) is 20.3 Å². The fourth-order valence-corrected chi connectivity index (χ4v) is 2.88. The van der Waals surface area contributed by atoms with Gasteiger partial charge in [-0.2, -0.15) is 0 Å². The SMILES string of the molecule is Cl.O=C(c1ccccc1F)C1CCN(CI)CC1. The third kappa shape index (κ3) is 3.65. The number of alkyl halides is 1. The molecule has 0 saturated carbocycles. The molecule has 0 unspecified atom stereocenters. The average molecular weight is 384 g/mol. The highest BCUT2D eigenvalue weighted by Gasteiger charge is 2.26. The standard InChI is InChI=1S/C13H15FINO.ClH/c14-12-4-2-1-3-11(12)13(17)10-5-7-16(9-15)8-6-10;/h1-4,10H,5-9H2;1H. The molecule has 0 N–H and O–H groups in total. The normalized spacial score (nSPS) is 17.2. The van der Waals surface area contributed by atoms with Crippen molar-refractivity contribution >= 4 is 40.8 Å². The van der Waals surface area contributed by atoms with Crippen LogP contribution >= 0.6 is 35.0 Å². The predicted octanol–water partition coefficient (Wildman–Crippen LogP) is 3.53. The van der Waals surface area contributed by atoms with Crippen molar-refractivity contribution in [1.82, 2.24) is 4.90 Å². The number of benzene rings is 1. The molecule has 0 amide bonds. The number of hydrogen-bond acceptors (Lipinski definition) is 2. The molecule has 1 heterocycles. The quantitative estimate of drug-likeness (QED) is 0.344. The highest BCUT2D eigenvalue weighted by molar-refractivity contribution is 14.1. The Bertz CT molecular complexity index is 408. The number of rotatable bonds is 3. The van der Waals surface area contributed by atoms with E-state index in [1.165, 1.54) is 6.07 Å². The van der Waals surface area contributed by atoms with Gasteiger partial charge in [0.2, 0.25) is 0 Å². The van der Waals surface area contributed by atoms with Crippen LogP contribution in [-0.4, -0.2) is 28.3 Å². The number of likely N-dealkylation sites (tertiary alicyclic amines) is 1. The molecule has 1 aliphatic heterocycles. The lowest BCUT2D eigenvalue weighted by Gasteiger charge is -2.29. The van der Waals surface area contributed by atoms with E-state index in [0.29, 0.717) is 0 Å². The molecular weight excluding hydrogens is 368 g/mol. The molecule has 0 spiro atoms. The first-order valence-corrected chi connectivity index (χ1v) is 7.32. The highest BCUT2D eigenvalue weighted by Crippen LogP contribution is 2.23. The zero-order chi connectivity index (χ0) is 12.3. The number of nitrogens with zero attached hydrogens (tertiary/aromatic N) is 1. The number of piperidine rings is 1. The van der Waals surface area contributed by atoms with Crippen LogP contribution in [0.1, 0.15) is 23.2 Å². The monoisotopic (exact) mass is 383 g/mol. The molecule has 1 aromatic rings. The molecule has 1 saturated heterocycles. The van der Waals surface area contributed by atoms with Crippen LogP contribution in [0.5, 0.6) is 0 Å². The Morgan fingerprint density at radius 2 is 1.94 bits per heavy atom.